The summed E-state index contributed by atoms with van der Waals surface area (Å²) in [6.45, 7) is 7.13. The molecule has 0 aromatic heterocycles. The SMILES string of the molecule is CCOC(=O)[C@H](CCc1ccccc1)NC(=O)C1(NC(=O)[C@@H](SC(C)=O)C(C)C)CCCC1. The summed E-state index contributed by atoms with van der Waals surface area (Å²) in [6.07, 6.45) is 3.59. The fourth-order valence-corrected chi connectivity index (χ4v) is 4.91. The standard InChI is InChI=1S/C25H36N2O5S/c1-5-32-23(30)20(14-13-19-11-7-6-8-12-19)26-24(31)25(15-9-10-16-25)27-22(29)21(17(2)3)33-18(4)28/h6-8,11-12,17,20-21H,5,9-10,13-16H2,1-4H3,(H,26,31)(H,27,29)/t20-,21-/m0/s1. The second kappa shape index (κ2) is 12.8. The molecule has 0 saturated heterocycles. The van der Waals surface area contributed by atoms with Crippen molar-refractivity contribution in [2.45, 2.75) is 83.1 Å². The molecule has 8 heteroatoms. The van der Waals surface area contributed by atoms with Crippen molar-refractivity contribution in [1.29, 1.82) is 0 Å². The molecule has 1 aliphatic rings. The fourth-order valence-electron chi connectivity index (χ4n) is 4.11. The number of nitrogens with one attached hydrogen (secondary N) is 2. The Labute approximate surface area is 200 Å². The van der Waals surface area contributed by atoms with E-state index >= 15 is 0 Å². The van der Waals surface area contributed by atoms with Crippen molar-refractivity contribution < 1.29 is 23.9 Å². The van der Waals surface area contributed by atoms with Gasteiger partial charge in [-0.2, -0.15) is 0 Å². The van der Waals surface area contributed by atoms with Crippen LogP contribution in [0.25, 0.3) is 0 Å². The van der Waals surface area contributed by atoms with Gasteiger partial charge >= 0.3 is 5.97 Å². The van der Waals surface area contributed by atoms with Gasteiger partial charge in [-0.15, -0.1) is 0 Å². The van der Waals surface area contributed by atoms with Gasteiger partial charge in [0.25, 0.3) is 0 Å². The van der Waals surface area contributed by atoms with Crippen LogP contribution in [0.1, 0.15) is 65.4 Å². The summed E-state index contributed by atoms with van der Waals surface area (Å²) < 4.78 is 5.20. The highest BCUT2D eigenvalue weighted by Crippen LogP contribution is 2.32. The van der Waals surface area contributed by atoms with Crippen LogP contribution >= 0.6 is 11.8 Å². The van der Waals surface area contributed by atoms with E-state index in [1.165, 1.54) is 6.92 Å². The van der Waals surface area contributed by atoms with Crippen molar-refractivity contribution in [3.05, 3.63) is 35.9 Å². The molecule has 0 bridgehead atoms. The molecule has 0 radical (unpaired) electrons. The van der Waals surface area contributed by atoms with Crippen molar-refractivity contribution >= 4 is 34.7 Å². The lowest BCUT2D eigenvalue weighted by Gasteiger charge is -2.33. The first-order valence-electron chi connectivity index (χ1n) is 11.7. The second-order valence-corrected chi connectivity index (χ2v) is 10.2. The number of hydrogen-bond acceptors (Lipinski definition) is 6. The van der Waals surface area contributed by atoms with Gasteiger partial charge in [-0.1, -0.05) is 68.8 Å². The number of carbonyl (C=O) groups excluding carboxylic acids is 4. The van der Waals surface area contributed by atoms with Crippen LogP contribution < -0.4 is 10.6 Å². The molecule has 0 heterocycles. The van der Waals surface area contributed by atoms with Gasteiger partial charge in [0.15, 0.2) is 5.12 Å². The summed E-state index contributed by atoms with van der Waals surface area (Å²) in [5.41, 5.74) is -0.0232. The lowest BCUT2D eigenvalue weighted by molar-refractivity contribution is -0.148. The van der Waals surface area contributed by atoms with E-state index in [1.807, 2.05) is 44.2 Å². The monoisotopic (exact) mass is 476 g/mol. The quantitative estimate of drug-likeness (QED) is 0.475. The van der Waals surface area contributed by atoms with E-state index < -0.39 is 22.8 Å². The molecule has 2 N–H and O–H groups in total. The minimum absolute atomic E-state index is 0.0708. The maximum Gasteiger partial charge on any atom is 0.328 e. The Morgan fingerprint density at radius 2 is 1.73 bits per heavy atom. The Kier molecular flexibility index (Phi) is 10.4. The van der Waals surface area contributed by atoms with Crippen LogP contribution in [0.2, 0.25) is 0 Å². The van der Waals surface area contributed by atoms with Crippen LogP contribution in [0.3, 0.4) is 0 Å². The molecule has 1 saturated carbocycles. The molecule has 33 heavy (non-hydrogen) atoms. The number of benzene rings is 1. The van der Waals surface area contributed by atoms with Crippen molar-refractivity contribution in [3.8, 4) is 0 Å². The van der Waals surface area contributed by atoms with Gasteiger partial charge in [-0.05, 0) is 44.1 Å². The van der Waals surface area contributed by atoms with Gasteiger partial charge in [0.05, 0.1) is 11.9 Å². The molecule has 1 fully saturated rings. The van der Waals surface area contributed by atoms with Crippen molar-refractivity contribution in [3.63, 3.8) is 0 Å². The van der Waals surface area contributed by atoms with Crippen LogP contribution in [0.5, 0.6) is 0 Å². The van der Waals surface area contributed by atoms with E-state index in [0.717, 1.165) is 30.2 Å². The van der Waals surface area contributed by atoms with Crippen LogP contribution in [0.15, 0.2) is 30.3 Å². The average molecular weight is 477 g/mol. The Hall–Kier alpha value is -2.35. The summed E-state index contributed by atoms with van der Waals surface area (Å²) in [6, 6.07) is 8.93. The zero-order valence-corrected chi connectivity index (χ0v) is 20.8. The zero-order valence-electron chi connectivity index (χ0n) is 20.0. The molecular weight excluding hydrogens is 440 g/mol. The molecular formula is C25H36N2O5S. The van der Waals surface area contributed by atoms with Crippen LogP contribution in [0, 0.1) is 5.92 Å². The number of hydrogen-bond donors (Lipinski definition) is 2. The fraction of sp³-hybridized carbons (Fsp3) is 0.600. The van der Waals surface area contributed by atoms with E-state index in [-0.39, 0.29) is 29.5 Å². The third-order valence-corrected chi connectivity index (χ3v) is 7.20. The van der Waals surface area contributed by atoms with Crippen molar-refractivity contribution in [2.75, 3.05) is 6.61 Å². The van der Waals surface area contributed by atoms with Crippen molar-refractivity contribution in [2.24, 2.45) is 5.92 Å². The molecule has 2 rings (SSSR count). The molecule has 1 aliphatic carbocycles. The topological polar surface area (TPSA) is 102 Å². The van der Waals surface area contributed by atoms with E-state index in [2.05, 4.69) is 10.6 Å². The smallest absolute Gasteiger partial charge is 0.328 e. The predicted molar refractivity (Wildman–Crippen MR) is 130 cm³/mol. The zero-order chi connectivity index (χ0) is 24.4. The highest BCUT2D eigenvalue weighted by molar-refractivity contribution is 8.14. The number of carbonyl (C=O) groups is 4. The van der Waals surface area contributed by atoms with Gasteiger partial charge in [-0.3, -0.25) is 14.4 Å². The Morgan fingerprint density at radius 3 is 2.27 bits per heavy atom. The lowest BCUT2D eigenvalue weighted by atomic mass is 9.94. The van der Waals surface area contributed by atoms with E-state index in [1.54, 1.807) is 6.92 Å². The average Bonchev–Trinajstić information content (AvgIpc) is 3.25. The first-order chi connectivity index (χ1) is 15.7. The maximum absolute atomic E-state index is 13.4. The minimum atomic E-state index is -1.08. The first-order valence-corrected chi connectivity index (χ1v) is 12.6. The molecule has 7 nitrogen and oxygen atoms in total. The number of aryl methyl sites for hydroxylation is 1. The first kappa shape index (κ1) is 26.9. The number of thioether (sulfide) groups is 1. The van der Waals surface area contributed by atoms with E-state index in [9.17, 15) is 19.2 Å². The van der Waals surface area contributed by atoms with Gasteiger partial charge < -0.3 is 15.4 Å². The van der Waals surface area contributed by atoms with Crippen LogP contribution in [-0.4, -0.2) is 46.3 Å². The lowest BCUT2D eigenvalue weighted by Crippen LogP contribution is -2.61. The van der Waals surface area contributed by atoms with Gasteiger partial charge in [0.2, 0.25) is 11.8 Å². The molecule has 1 aromatic carbocycles. The Balaban J connectivity index is 2.16. The second-order valence-electron chi connectivity index (χ2n) is 8.85. The minimum Gasteiger partial charge on any atom is -0.464 e. The van der Waals surface area contributed by atoms with Crippen LogP contribution in [0.4, 0.5) is 0 Å². The molecule has 182 valence electrons. The maximum atomic E-state index is 13.4. The molecule has 2 atom stereocenters. The molecule has 0 spiro atoms. The highest BCUT2D eigenvalue weighted by atomic mass is 32.2. The van der Waals surface area contributed by atoms with E-state index in [4.69, 9.17) is 4.74 Å². The van der Waals surface area contributed by atoms with Gasteiger partial charge in [0, 0.05) is 6.92 Å². The number of ether oxygens (including phenoxy) is 1. The third kappa shape index (κ3) is 7.88. The highest BCUT2D eigenvalue weighted by Gasteiger charge is 2.45. The van der Waals surface area contributed by atoms with Gasteiger partial charge in [-0.25, -0.2) is 4.79 Å². The van der Waals surface area contributed by atoms with Crippen LogP contribution in [-0.2, 0) is 30.3 Å². The summed E-state index contributed by atoms with van der Waals surface area (Å²) >= 11 is 0.984. The molecule has 1 aromatic rings. The molecule has 2 amide bonds. The largest absolute Gasteiger partial charge is 0.464 e. The Morgan fingerprint density at radius 1 is 1.09 bits per heavy atom. The van der Waals surface area contributed by atoms with Gasteiger partial charge in [0.1, 0.15) is 11.6 Å². The third-order valence-electron chi connectivity index (χ3n) is 5.85. The normalized spacial score (nSPS) is 16.6. The number of esters is 1. The molecule has 0 aliphatic heterocycles. The Bertz CT molecular complexity index is 821. The number of rotatable bonds is 11. The summed E-state index contributed by atoms with van der Waals surface area (Å²) in [4.78, 5) is 50.7. The predicted octanol–water partition coefficient (Wildman–Crippen LogP) is 3.40. The van der Waals surface area contributed by atoms with Crippen molar-refractivity contribution in [1.82, 2.24) is 10.6 Å². The summed E-state index contributed by atoms with van der Waals surface area (Å²) in [5, 5.41) is 5.10. The molecule has 0 unspecified atom stereocenters. The summed E-state index contributed by atoms with van der Waals surface area (Å²) in [5.74, 6) is -1.24. The summed E-state index contributed by atoms with van der Waals surface area (Å²) in [7, 11) is 0. The number of amides is 2. The van der Waals surface area contributed by atoms with E-state index in [0.29, 0.717) is 25.7 Å².